The van der Waals surface area contributed by atoms with E-state index in [9.17, 15) is 0 Å². The Morgan fingerprint density at radius 2 is 1.46 bits per heavy atom. The van der Waals surface area contributed by atoms with E-state index >= 15 is 0 Å². The molecule has 0 fully saturated rings. The Balaban J connectivity index is 2.99. The molecule has 0 N–H and O–H groups in total. The Labute approximate surface area is 82.0 Å². The van der Waals surface area contributed by atoms with E-state index in [0.717, 1.165) is 0 Å². The molecule has 72 valence electrons. The van der Waals surface area contributed by atoms with Crippen LogP contribution in [0, 0.1) is 6.92 Å². The number of hydrogen-bond donors (Lipinski definition) is 0. The zero-order chi connectivity index (χ0) is 9.90. The van der Waals surface area contributed by atoms with Gasteiger partial charge in [-0.05, 0) is 30.7 Å². The minimum atomic E-state index is 0.369. The minimum Gasteiger partial charge on any atom is -0.0645 e. The molecule has 0 nitrogen and oxygen atoms in total. The predicted octanol–water partition coefficient (Wildman–Crippen LogP) is 4.07. The highest BCUT2D eigenvalue weighted by Crippen LogP contribution is 2.30. The number of benzene rings is 1. The zero-order valence-corrected chi connectivity index (χ0v) is 9.22. The highest BCUT2D eigenvalue weighted by atomic mass is 14.3. The van der Waals surface area contributed by atoms with Crippen LogP contribution < -0.4 is 0 Å². The first-order valence-corrected chi connectivity index (χ1v) is 5.19. The van der Waals surface area contributed by atoms with Gasteiger partial charge in [-0.25, -0.2) is 0 Å². The second kappa shape index (κ2) is 3.95. The van der Waals surface area contributed by atoms with Crippen molar-refractivity contribution in [3.05, 3.63) is 35.4 Å². The molecule has 0 saturated heterocycles. The molecule has 0 aliphatic rings. The quantitative estimate of drug-likeness (QED) is 0.651. The Morgan fingerprint density at radius 1 is 1.00 bits per heavy atom. The fourth-order valence-corrected chi connectivity index (χ4v) is 1.61. The molecule has 1 aromatic rings. The van der Waals surface area contributed by atoms with E-state index in [1.54, 1.807) is 0 Å². The number of hydrogen-bond acceptors (Lipinski definition) is 0. The van der Waals surface area contributed by atoms with Crippen LogP contribution in [0.2, 0.25) is 0 Å². The van der Waals surface area contributed by atoms with E-state index in [1.165, 1.54) is 24.0 Å². The number of rotatable bonds is 3. The molecule has 0 atom stereocenters. The van der Waals surface area contributed by atoms with Gasteiger partial charge >= 0.3 is 0 Å². The smallest absolute Gasteiger partial charge is 0.00805 e. The summed E-state index contributed by atoms with van der Waals surface area (Å²) in [4.78, 5) is 0. The van der Waals surface area contributed by atoms with Crippen LogP contribution in [0.25, 0.3) is 0 Å². The van der Waals surface area contributed by atoms with Crippen LogP contribution in [0.5, 0.6) is 0 Å². The summed E-state index contributed by atoms with van der Waals surface area (Å²) in [5.74, 6) is 0. The standard InChI is InChI=1S/C13H20/c1-5-13(4,6-2)12-9-7-11(3)8-10-12/h7-10H,5-6H2,1-4H3. The normalized spacial score (nSPS) is 11.7. The van der Waals surface area contributed by atoms with E-state index < -0.39 is 0 Å². The lowest BCUT2D eigenvalue weighted by Gasteiger charge is -2.27. The Hall–Kier alpha value is -0.780. The van der Waals surface area contributed by atoms with Crippen LogP contribution in [0.3, 0.4) is 0 Å². The molecule has 0 radical (unpaired) electrons. The maximum absolute atomic E-state index is 2.34. The van der Waals surface area contributed by atoms with Gasteiger partial charge < -0.3 is 0 Å². The molecule has 13 heavy (non-hydrogen) atoms. The van der Waals surface area contributed by atoms with Gasteiger partial charge in [0.15, 0.2) is 0 Å². The van der Waals surface area contributed by atoms with E-state index in [4.69, 9.17) is 0 Å². The molecule has 0 aromatic heterocycles. The van der Waals surface area contributed by atoms with Crippen molar-refractivity contribution in [1.29, 1.82) is 0 Å². The summed E-state index contributed by atoms with van der Waals surface area (Å²) in [6.45, 7) is 9.02. The van der Waals surface area contributed by atoms with Crippen LogP contribution in [0.15, 0.2) is 24.3 Å². The summed E-state index contributed by atoms with van der Waals surface area (Å²) < 4.78 is 0. The van der Waals surface area contributed by atoms with Gasteiger partial charge in [-0.1, -0.05) is 50.6 Å². The van der Waals surface area contributed by atoms with Crippen LogP contribution >= 0.6 is 0 Å². The first-order valence-electron chi connectivity index (χ1n) is 5.19. The second-order valence-electron chi connectivity index (χ2n) is 4.13. The van der Waals surface area contributed by atoms with Gasteiger partial charge in [-0.2, -0.15) is 0 Å². The van der Waals surface area contributed by atoms with Crippen molar-refractivity contribution in [2.24, 2.45) is 0 Å². The van der Waals surface area contributed by atoms with Crippen molar-refractivity contribution in [2.75, 3.05) is 0 Å². The average molecular weight is 176 g/mol. The first kappa shape index (κ1) is 10.3. The van der Waals surface area contributed by atoms with E-state index in [0.29, 0.717) is 5.41 Å². The van der Waals surface area contributed by atoms with Crippen molar-refractivity contribution < 1.29 is 0 Å². The molecule has 0 saturated carbocycles. The molecule has 0 bridgehead atoms. The van der Waals surface area contributed by atoms with Crippen molar-refractivity contribution in [3.8, 4) is 0 Å². The van der Waals surface area contributed by atoms with Gasteiger partial charge in [0, 0.05) is 0 Å². The lowest BCUT2D eigenvalue weighted by atomic mass is 9.78. The molecule has 0 aliphatic heterocycles. The molecule has 1 aromatic carbocycles. The fourth-order valence-electron chi connectivity index (χ4n) is 1.61. The molecular weight excluding hydrogens is 156 g/mol. The van der Waals surface area contributed by atoms with Crippen LogP contribution in [0.1, 0.15) is 44.7 Å². The third-order valence-corrected chi connectivity index (χ3v) is 3.31. The van der Waals surface area contributed by atoms with Gasteiger partial charge in [0.2, 0.25) is 0 Å². The maximum atomic E-state index is 2.34. The van der Waals surface area contributed by atoms with Gasteiger partial charge in [-0.3, -0.25) is 0 Å². The minimum absolute atomic E-state index is 0.369. The Bertz CT molecular complexity index is 252. The van der Waals surface area contributed by atoms with Crippen LogP contribution in [-0.2, 0) is 5.41 Å². The van der Waals surface area contributed by atoms with Crippen LogP contribution in [-0.4, -0.2) is 0 Å². The average Bonchev–Trinajstić information content (AvgIpc) is 2.18. The lowest BCUT2D eigenvalue weighted by molar-refractivity contribution is 0.439. The van der Waals surface area contributed by atoms with Gasteiger partial charge in [0.05, 0.1) is 0 Å². The van der Waals surface area contributed by atoms with E-state index in [1.807, 2.05) is 0 Å². The van der Waals surface area contributed by atoms with Crippen LogP contribution in [0.4, 0.5) is 0 Å². The molecule has 0 amide bonds. The van der Waals surface area contributed by atoms with Gasteiger partial charge in [-0.15, -0.1) is 0 Å². The second-order valence-corrected chi connectivity index (χ2v) is 4.13. The molecule has 1 rings (SSSR count). The monoisotopic (exact) mass is 176 g/mol. The molecule has 0 heteroatoms. The van der Waals surface area contributed by atoms with Crippen molar-refractivity contribution in [3.63, 3.8) is 0 Å². The lowest BCUT2D eigenvalue weighted by Crippen LogP contribution is -2.19. The predicted molar refractivity (Wildman–Crippen MR) is 59.1 cm³/mol. The summed E-state index contributed by atoms with van der Waals surface area (Å²) >= 11 is 0. The highest BCUT2D eigenvalue weighted by molar-refractivity contribution is 5.27. The number of aryl methyl sites for hydroxylation is 1. The Kier molecular flexibility index (Phi) is 3.13. The molecule has 0 spiro atoms. The van der Waals surface area contributed by atoms with Crippen molar-refractivity contribution in [2.45, 2.75) is 46.0 Å². The summed E-state index contributed by atoms with van der Waals surface area (Å²) in [5.41, 5.74) is 3.19. The largest absolute Gasteiger partial charge is 0.0645 e. The fraction of sp³-hybridized carbons (Fsp3) is 0.538. The zero-order valence-electron chi connectivity index (χ0n) is 9.22. The molecule has 0 aliphatic carbocycles. The van der Waals surface area contributed by atoms with E-state index in [-0.39, 0.29) is 0 Å². The van der Waals surface area contributed by atoms with Gasteiger partial charge in [0.1, 0.15) is 0 Å². The summed E-state index contributed by atoms with van der Waals surface area (Å²) in [7, 11) is 0. The van der Waals surface area contributed by atoms with Crippen molar-refractivity contribution in [1.82, 2.24) is 0 Å². The highest BCUT2D eigenvalue weighted by Gasteiger charge is 2.21. The topological polar surface area (TPSA) is 0 Å². The molecule has 0 heterocycles. The summed E-state index contributed by atoms with van der Waals surface area (Å²) in [6.07, 6.45) is 2.43. The third kappa shape index (κ3) is 2.12. The SMILES string of the molecule is CCC(C)(CC)c1ccc(C)cc1. The molecular formula is C13H20. The van der Waals surface area contributed by atoms with Crippen molar-refractivity contribution >= 4 is 0 Å². The summed E-state index contributed by atoms with van der Waals surface area (Å²) in [6, 6.07) is 8.95. The Morgan fingerprint density at radius 3 is 1.85 bits per heavy atom. The molecule has 0 unspecified atom stereocenters. The summed E-state index contributed by atoms with van der Waals surface area (Å²) in [5, 5.41) is 0. The maximum Gasteiger partial charge on any atom is -0.00805 e. The first-order chi connectivity index (χ1) is 6.12. The third-order valence-electron chi connectivity index (χ3n) is 3.31. The van der Waals surface area contributed by atoms with Gasteiger partial charge in [0.25, 0.3) is 0 Å². The van der Waals surface area contributed by atoms with E-state index in [2.05, 4.69) is 52.0 Å².